The second kappa shape index (κ2) is 7.43. The quantitative estimate of drug-likeness (QED) is 0.839. The van der Waals surface area contributed by atoms with Crippen molar-refractivity contribution in [3.8, 4) is 11.5 Å². The third-order valence-electron chi connectivity index (χ3n) is 3.24. The normalized spacial score (nSPS) is 12.2. The van der Waals surface area contributed by atoms with Gasteiger partial charge in [-0.15, -0.1) is 11.3 Å². The number of halogens is 1. The summed E-state index contributed by atoms with van der Waals surface area (Å²) in [5.41, 5.74) is 0.590. The first-order valence-electron chi connectivity index (χ1n) is 6.89. The molecule has 1 unspecified atom stereocenters. The lowest BCUT2D eigenvalue weighted by Gasteiger charge is -2.19. The lowest BCUT2D eigenvalue weighted by Crippen LogP contribution is -2.23. The van der Waals surface area contributed by atoms with Crippen LogP contribution in [-0.2, 0) is 0 Å². The number of ether oxygens (including phenoxy) is 2. The third kappa shape index (κ3) is 3.54. The van der Waals surface area contributed by atoms with E-state index in [-0.39, 0.29) is 17.6 Å². The Hall–Kier alpha value is -1.59. The van der Waals surface area contributed by atoms with E-state index in [1.165, 1.54) is 7.11 Å². The van der Waals surface area contributed by atoms with Crippen LogP contribution in [0.2, 0.25) is 0 Å². The number of nitrogens with one attached hydrogen (secondary N) is 1. The maximum atomic E-state index is 14.5. The fourth-order valence-electron chi connectivity index (χ4n) is 2.15. The molecule has 5 heteroatoms. The summed E-state index contributed by atoms with van der Waals surface area (Å²) < 4.78 is 24.8. The smallest absolute Gasteiger partial charge is 0.170 e. The number of thiophene rings is 1. The first-order valence-corrected chi connectivity index (χ1v) is 7.77. The molecule has 2 aromatic rings. The van der Waals surface area contributed by atoms with Crippen LogP contribution < -0.4 is 14.8 Å². The van der Waals surface area contributed by atoms with Gasteiger partial charge in [0, 0.05) is 15.8 Å². The van der Waals surface area contributed by atoms with E-state index in [1.54, 1.807) is 30.6 Å². The lowest BCUT2D eigenvalue weighted by atomic mass is 10.0. The van der Waals surface area contributed by atoms with Crippen LogP contribution in [0.4, 0.5) is 4.39 Å². The largest absolute Gasteiger partial charge is 0.496 e. The standard InChI is InChI=1S/C16H20FNO2S/c1-4-8-18-16(14-9-11(19-2)10-21-14)12-6-5-7-13(20-3)15(12)17/h5-7,9-10,16,18H,4,8H2,1-3H3. The van der Waals surface area contributed by atoms with Crippen molar-refractivity contribution in [2.75, 3.05) is 20.8 Å². The van der Waals surface area contributed by atoms with Gasteiger partial charge in [0.1, 0.15) is 5.75 Å². The third-order valence-corrected chi connectivity index (χ3v) is 4.21. The monoisotopic (exact) mass is 309 g/mol. The van der Waals surface area contributed by atoms with Gasteiger partial charge >= 0.3 is 0 Å². The van der Waals surface area contributed by atoms with Gasteiger partial charge in [-0.25, -0.2) is 4.39 Å². The van der Waals surface area contributed by atoms with Crippen molar-refractivity contribution in [2.24, 2.45) is 0 Å². The summed E-state index contributed by atoms with van der Waals surface area (Å²) in [6, 6.07) is 6.97. The SMILES string of the molecule is CCCNC(c1cc(OC)cs1)c1cccc(OC)c1F. The highest BCUT2D eigenvalue weighted by atomic mass is 32.1. The molecular weight excluding hydrogens is 289 g/mol. The Morgan fingerprint density at radius 3 is 2.71 bits per heavy atom. The molecule has 21 heavy (non-hydrogen) atoms. The Morgan fingerprint density at radius 2 is 2.10 bits per heavy atom. The van der Waals surface area contributed by atoms with Crippen LogP contribution in [-0.4, -0.2) is 20.8 Å². The molecule has 0 fully saturated rings. The van der Waals surface area contributed by atoms with Crippen molar-refractivity contribution in [1.29, 1.82) is 0 Å². The molecule has 0 saturated heterocycles. The number of methoxy groups -OCH3 is 2. The average Bonchev–Trinajstić information content (AvgIpc) is 2.98. The molecule has 3 nitrogen and oxygen atoms in total. The van der Waals surface area contributed by atoms with Crippen molar-refractivity contribution < 1.29 is 13.9 Å². The molecule has 0 aliphatic carbocycles. The van der Waals surface area contributed by atoms with E-state index in [2.05, 4.69) is 12.2 Å². The van der Waals surface area contributed by atoms with Crippen molar-refractivity contribution >= 4 is 11.3 Å². The van der Waals surface area contributed by atoms with Crippen LogP contribution in [0.3, 0.4) is 0 Å². The summed E-state index contributed by atoms with van der Waals surface area (Å²) in [6.45, 7) is 2.89. The summed E-state index contributed by atoms with van der Waals surface area (Å²) in [7, 11) is 3.11. The van der Waals surface area contributed by atoms with E-state index in [1.807, 2.05) is 17.5 Å². The highest BCUT2D eigenvalue weighted by molar-refractivity contribution is 7.10. The van der Waals surface area contributed by atoms with Crippen LogP contribution in [0.25, 0.3) is 0 Å². The van der Waals surface area contributed by atoms with E-state index in [9.17, 15) is 4.39 Å². The predicted octanol–water partition coefficient (Wildman–Crippen LogP) is 3.99. The first kappa shape index (κ1) is 15.8. The summed E-state index contributed by atoms with van der Waals surface area (Å²) >= 11 is 1.55. The highest BCUT2D eigenvalue weighted by Crippen LogP contribution is 2.34. The van der Waals surface area contributed by atoms with Crippen LogP contribution in [0.15, 0.2) is 29.6 Å². The maximum Gasteiger partial charge on any atom is 0.170 e. The first-order chi connectivity index (χ1) is 10.2. The molecule has 2 rings (SSSR count). The molecule has 0 aliphatic rings. The molecule has 1 aromatic heterocycles. The topological polar surface area (TPSA) is 30.5 Å². The second-order valence-corrected chi connectivity index (χ2v) is 5.58. The number of rotatable bonds is 7. The van der Waals surface area contributed by atoms with E-state index in [4.69, 9.17) is 9.47 Å². The van der Waals surface area contributed by atoms with E-state index < -0.39 is 0 Å². The van der Waals surface area contributed by atoms with Crippen LogP contribution in [0.5, 0.6) is 11.5 Å². The van der Waals surface area contributed by atoms with Crippen LogP contribution >= 0.6 is 11.3 Å². The van der Waals surface area contributed by atoms with Gasteiger partial charge in [0.2, 0.25) is 0 Å². The number of hydrogen-bond donors (Lipinski definition) is 1. The Labute approximate surface area is 128 Å². The van der Waals surface area contributed by atoms with Gasteiger partial charge in [-0.2, -0.15) is 0 Å². The summed E-state index contributed by atoms with van der Waals surface area (Å²) in [5, 5.41) is 5.32. The molecule has 1 N–H and O–H groups in total. The van der Waals surface area contributed by atoms with Crippen molar-refractivity contribution in [3.05, 3.63) is 45.9 Å². The van der Waals surface area contributed by atoms with Gasteiger partial charge < -0.3 is 14.8 Å². The minimum Gasteiger partial charge on any atom is -0.496 e. The van der Waals surface area contributed by atoms with Gasteiger partial charge in [0.25, 0.3) is 0 Å². The second-order valence-electron chi connectivity index (χ2n) is 4.64. The Balaban J connectivity index is 2.40. The number of benzene rings is 1. The summed E-state index contributed by atoms with van der Waals surface area (Å²) in [4.78, 5) is 1.02. The zero-order valence-electron chi connectivity index (χ0n) is 12.5. The fraction of sp³-hybridized carbons (Fsp3) is 0.375. The fourth-order valence-corrected chi connectivity index (χ4v) is 3.10. The van der Waals surface area contributed by atoms with Crippen molar-refractivity contribution in [1.82, 2.24) is 5.32 Å². The molecule has 114 valence electrons. The van der Waals surface area contributed by atoms with Crippen molar-refractivity contribution in [3.63, 3.8) is 0 Å². The average molecular weight is 309 g/mol. The van der Waals surface area contributed by atoms with Gasteiger partial charge in [0.15, 0.2) is 11.6 Å². The zero-order valence-corrected chi connectivity index (χ0v) is 13.3. The van der Waals surface area contributed by atoms with Gasteiger partial charge in [-0.05, 0) is 25.1 Å². The molecule has 0 saturated carbocycles. The predicted molar refractivity (Wildman–Crippen MR) is 84.0 cm³/mol. The number of hydrogen-bond acceptors (Lipinski definition) is 4. The van der Waals surface area contributed by atoms with Gasteiger partial charge in [-0.3, -0.25) is 0 Å². The zero-order chi connectivity index (χ0) is 15.2. The molecule has 0 amide bonds. The maximum absolute atomic E-state index is 14.5. The molecule has 0 spiro atoms. The highest BCUT2D eigenvalue weighted by Gasteiger charge is 2.21. The minimum absolute atomic E-state index is 0.200. The van der Waals surface area contributed by atoms with Crippen molar-refractivity contribution in [2.45, 2.75) is 19.4 Å². The van der Waals surface area contributed by atoms with E-state index in [0.717, 1.165) is 23.6 Å². The van der Waals surface area contributed by atoms with E-state index in [0.29, 0.717) is 5.56 Å². The molecule has 1 heterocycles. The van der Waals surface area contributed by atoms with Gasteiger partial charge in [-0.1, -0.05) is 19.1 Å². The van der Waals surface area contributed by atoms with Gasteiger partial charge in [0.05, 0.1) is 20.3 Å². The van der Waals surface area contributed by atoms with Crippen LogP contribution in [0.1, 0.15) is 29.8 Å². The molecule has 0 aliphatic heterocycles. The summed E-state index contributed by atoms with van der Waals surface area (Å²) in [6.07, 6.45) is 0.977. The molecule has 1 aromatic carbocycles. The molecule has 1 atom stereocenters. The molecule has 0 radical (unpaired) electrons. The Bertz CT molecular complexity index is 585. The Kier molecular flexibility index (Phi) is 5.59. The minimum atomic E-state index is -0.319. The molecular formula is C16H20FNO2S. The van der Waals surface area contributed by atoms with Crippen LogP contribution in [0, 0.1) is 5.82 Å². The lowest BCUT2D eigenvalue weighted by molar-refractivity contribution is 0.381. The summed E-state index contributed by atoms with van der Waals surface area (Å²) in [5.74, 6) is 0.738. The Morgan fingerprint density at radius 1 is 1.29 bits per heavy atom. The molecule has 0 bridgehead atoms. The van der Waals surface area contributed by atoms with E-state index >= 15 is 0 Å².